The first-order chi connectivity index (χ1) is 14.7. The number of sulfonamides is 1. The summed E-state index contributed by atoms with van der Waals surface area (Å²) in [5.74, 6) is -0.230. The Morgan fingerprint density at radius 2 is 1.68 bits per heavy atom. The van der Waals surface area contributed by atoms with Gasteiger partial charge in [-0.05, 0) is 67.3 Å². The molecule has 3 N–H and O–H groups in total. The minimum Gasteiger partial charge on any atom is -0.457 e. The number of ether oxygens (including phenoxy) is 1. The number of hydrogen-bond acceptors (Lipinski definition) is 6. The smallest absolute Gasteiger partial charge is 0.267 e. The summed E-state index contributed by atoms with van der Waals surface area (Å²) in [7, 11) is -4.20. The van der Waals surface area contributed by atoms with Crippen LogP contribution >= 0.6 is 0 Å². The fourth-order valence-electron chi connectivity index (χ4n) is 3.67. The summed E-state index contributed by atoms with van der Waals surface area (Å²) >= 11 is 0. The van der Waals surface area contributed by atoms with Crippen molar-refractivity contribution in [1.82, 2.24) is 9.21 Å². The molecular weight excluding hydrogens is 425 g/mol. The predicted molar refractivity (Wildman–Crippen MR) is 110 cm³/mol. The molecule has 1 heterocycles. The Hall–Kier alpha value is -2.53. The van der Waals surface area contributed by atoms with Gasteiger partial charge in [-0.15, -0.1) is 0 Å². The van der Waals surface area contributed by atoms with Gasteiger partial charge in [0.15, 0.2) is 0 Å². The predicted octanol–water partition coefficient (Wildman–Crippen LogP) is 1.51. The Labute approximate surface area is 180 Å². The van der Waals surface area contributed by atoms with Crippen molar-refractivity contribution < 1.29 is 27.4 Å². The molecule has 4 rings (SSSR count). The van der Waals surface area contributed by atoms with Crippen LogP contribution in [0.4, 0.5) is 4.39 Å². The zero-order valence-corrected chi connectivity index (χ0v) is 17.6. The Bertz CT molecular complexity index is 1060. The second-order valence-corrected chi connectivity index (χ2v) is 9.83. The number of carbonyl (C=O) groups is 1. The average Bonchev–Trinajstić information content (AvgIpc) is 3.54. The normalized spacial score (nSPS) is 22.9. The van der Waals surface area contributed by atoms with E-state index in [0.717, 1.165) is 17.1 Å². The number of nitrogens with zero attached hydrogens (tertiary/aromatic N) is 2. The minimum atomic E-state index is -4.20. The Kier molecular flexibility index (Phi) is 5.73. The largest absolute Gasteiger partial charge is 0.457 e. The van der Waals surface area contributed by atoms with Gasteiger partial charge in [-0.3, -0.25) is 9.69 Å². The number of hydrogen-bond donors (Lipinski definition) is 2. The molecule has 2 aromatic rings. The summed E-state index contributed by atoms with van der Waals surface area (Å²) in [5, 5.41) is 11.0. The average molecular weight is 450 g/mol. The molecule has 0 spiro atoms. The second kappa shape index (κ2) is 8.19. The van der Waals surface area contributed by atoms with E-state index in [1.165, 1.54) is 48.5 Å². The van der Waals surface area contributed by atoms with Crippen molar-refractivity contribution in [2.45, 2.75) is 23.5 Å². The van der Waals surface area contributed by atoms with E-state index in [2.05, 4.69) is 0 Å². The molecule has 166 valence electrons. The molecule has 1 saturated heterocycles. The van der Waals surface area contributed by atoms with Crippen LogP contribution in [0.5, 0.6) is 11.5 Å². The number of carbonyl (C=O) groups excluding carboxylic acids is 1. The van der Waals surface area contributed by atoms with Crippen molar-refractivity contribution in [3.05, 3.63) is 54.3 Å². The molecule has 2 aliphatic rings. The number of nitrogens with two attached hydrogens (primary N) is 1. The lowest BCUT2D eigenvalue weighted by Gasteiger charge is -2.44. The number of benzene rings is 2. The van der Waals surface area contributed by atoms with Crippen LogP contribution in [0.2, 0.25) is 0 Å². The maximum Gasteiger partial charge on any atom is 0.267 e. The molecule has 1 atom stereocenters. The second-order valence-electron chi connectivity index (χ2n) is 7.96. The van der Waals surface area contributed by atoms with Gasteiger partial charge in [0, 0.05) is 19.6 Å². The number of halogens is 1. The summed E-state index contributed by atoms with van der Waals surface area (Å²) in [4.78, 5) is 13.9. The van der Waals surface area contributed by atoms with E-state index in [1.54, 1.807) is 0 Å². The number of primary amides is 1. The van der Waals surface area contributed by atoms with Gasteiger partial charge in [-0.25, -0.2) is 12.8 Å². The summed E-state index contributed by atoms with van der Waals surface area (Å²) in [6.45, 7) is 0.891. The summed E-state index contributed by atoms with van der Waals surface area (Å²) in [6, 6.07) is 11.0. The first-order valence-electron chi connectivity index (χ1n) is 9.99. The lowest BCUT2D eigenvalue weighted by atomic mass is 10.1. The van der Waals surface area contributed by atoms with Crippen LogP contribution in [-0.4, -0.2) is 60.5 Å². The van der Waals surface area contributed by atoms with Gasteiger partial charge in [0.1, 0.15) is 17.3 Å². The van der Waals surface area contributed by atoms with E-state index in [1.807, 2.05) is 4.90 Å². The molecule has 10 heteroatoms. The van der Waals surface area contributed by atoms with Crippen LogP contribution in [0.25, 0.3) is 0 Å². The third-order valence-electron chi connectivity index (χ3n) is 5.55. The Morgan fingerprint density at radius 1 is 1.10 bits per heavy atom. The monoisotopic (exact) mass is 449 g/mol. The van der Waals surface area contributed by atoms with Crippen molar-refractivity contribution in [2.24, 2.45) is 11.7 Å². The van der Waals surface area contributed by atoms with E-state index in [4.69, 9.17) is 10.5 Å². The molecular formula is C21H24FN3O5S. The van der Waals surface area contributed by atoms with Crippen LogP contribution in [0, 0.1) is 11.7 Å². The van der Waals surface area contributed by atoms with E-state index >= 15 is 0 Å². The van der Waals surface area contributed by atoms with Crippen molar-refractivity contribution in [3.8, 4) is 11.5 Å². The van der Waals surface area contributed by atoms with Gasteiger partial charge in [0.05, 0.1) is 11.4 Å². The summed E-state index contributed by atoms with van der Waals surface area (Å²) in [5.41, 5.74) is 3.10. The zero-order chi connectivity index (χ0) is 22.2. The molecule has 0 bridgehead atoms. The van der Waals surface area contributed by atoms with Crippen molar-refractivity contribution in [2.75, 3.05) is 26.2 Å². The SMILES string of the molecule is NC(=O)C1(O)CN(CC2CC2)CCN1S(=O)(=O)c1ccc(Oc2ccc(F)cc2)cc1. The van der Waals surface area contributed by atoms with Crippen LogP contribution in [0.15, 0.2) is 53.4 Å². The minimum absolute atomic E-state index is 0.0532. The highest BCUT2D eigenvalue weighted by Gasteiger charge is 2.51. The number of aliphatic hydroxyl groups is 1. The van der Waals surface area contributed by atoms with Crippen LogP contribution < -0.4 is 10.5 Å². The quantitative estimate of drug-likeness (QED) is 0.663. The Morgan fingerprint density at radius 3 is 2.23 bits per heavy atom. The Balaban J connectivity index is 1.53. The first kappa shape index (κ1) is 21.7. The molecule has 2 fully saturated rings. The van der Waals surface area contributed by atoms with Gasteiger partial charge in [-0.1, -0.05) is 0 Å². The highest BCUT2D eigenvalue weighted by molar-refractivity contribution is 7.89. The molecule has 1 saturated carbocycles. The van der Waals surface area contributed by atoms with Gasteiger partial charge in [0.2, 0.25) is 15.7 Å². The highest BCUT2D eigenvalue weighted by Crippen LogP contribution is 2.33. The first-order valence-corrected chi connectivity index (χ1v) is 11.4. The van der Waals surface area contributed by atoms with Gasteiger partial charge >= 0.3 is 0 Å². The maximum absolute atomic E-state index is 13.2. The van der Waals surface area contributed by atoms with Gasteiger partial charge in [0.25, 0.3) is 5.91 Å². The molecule has 8 nitrogen and oxygen atoms in total. The summed E-state index contributed by atoms with van der Waals surface area (Å²) < 4.78 is 45.8. The zero-order valence-electron chi connectivity index (χ0n) is 16.8. The molecule has 0 aromatic heterocycles. The lowest BCUT2D eigenvalue weighted by molar-refractivity contribution is -0.160. The van der Waals surface area contributed by atoms with E-state index < -0.39 is 27.5 Å². The van der Waals surface area contributed by atoms with E-state index in [0.29, 0.717) is 30.5 Å². The van der Waals surface area contributed by atoms with Crippen molar-refractivity contribution in [3.63, 3.8) is 0 Å². The molecule has 1 aliphatic carbocycles. The third kappa shape index (κ3) is 4.57. The van der Waals surface area contributed by atoms with Gasteiger partial charge in [-0.2, -0.15) is 4.31 Å². The topological polar surface area (TPSA) is 113 Å². The fourth-order valence-corrected chi connectivity index (χ4v) is 5.28. The number of rotatable bonds is 7. The lowest BCUT2D eigenvalue weighted by Crippen LogP contribution is -2.69. The molecule has 1 unspecified atom stereocenters. The number of β-amino-alcohol motifs (C(OH)–C–C–N with tert-alkyl or cyclic N) is 1. The molecule has 1 aliphatic heterocycles. The summed E-state index contributed by atoms with van der Waals surface area (Å²) in [6.07, 6.45) is 2.19. The molecule has 2 aromatic carbocycles. The van der Waals surface area contributed by atoms with E-state index in [-0.39, 0.29) is 18.0 Å². The van der Waals surface area contributed by atoms with Crippen LogP contribution in [0.3, 0.4) is 0 Å². The molecule has 31 heavy (non-hydrogen) atoms. The van der Waals surface area contributed by atoms with Gasteiger partial charge < -0.3 is 15.6 Å². The van der Waals surface area contributed by atoms with Crippen LogP contribution in [-0.2, 0) is 14.8 Å². The third-order valence-corrected chi connectivity index (χ3v) is 7.48. The fraction of sp³-hybridized carbons (Fsp3) is 0.381. The molecule has 1 amide bonds. The maximum atomic E-state index is 13.2. The van der Waals surface area contributed by atoms with Crippen molar-refractivity contribution >= 4 is 15.9 Å². The van der Waals surface area contributed by atoms with E-state index in [9.17, 15) is 22.7 Å². The number of amides is 1. The standard InChI is InChI=1S/C21H24FN3O5S/c22-16-3-5-17(6-4-16)30-18-7-9-19(10-8-18)31(28,29)25-12-11-24(13-15-1-2-15)14-21(25,27)20(23)26/h3-10,15,27H,1-2,11-14H2,(H2,23,26). The van der Waals surface area contributed by atoms with Crippen molar-refractivity contribution in [1.29, 1.82) is 0 Å². The molecule has 0 radical (unpaired) electrons. The highest BCUT2D eigenvalue weighted by atomic mass is 32.2. The van der Waals surface area contributed by atoms with Crippen LogP contribution in [0.1, 0.15) is 12.8 Å². The number of piperazine rings is 1.